The molecule has 1 aliphatic carbocycles. The highest BCUT2D eigenvalue weighted by atomic mass is 19.4. The largest absolute Gasteiger partial charge is 0.458 e. The molecule has 0 aliphatic heterocycles. The predicted octanol–water partition coefficient (Wildman–Crippen LogP) is 5.62. The molecular weight excluding hydrogens is 495 g/mol. The molecule has 1 heterocycles. The number of aryl methyl sites for hydroxylation is 1. The second kappa shape index (κ2) is 10.7. The molecular formula is C26H25F5N4O2. The van der Waals surface area contributed by atoms with Crippen molar-refractivity contribution in [2.45, 2.75) is 38.9 Å². The third kappa shape index (κ3) is 5.99. The SMILES string of the molecule is CCNC(=O)c1ccc(-n2cnc3c2C=C(Oc2cccc(F)c2F)CC3NCCC(F)(F)F)cc1C. The highest BCUT2D eigenvalue weighted by Gasteiger charge is 2.31. The quantitative estimate of drug-likeness (QED) is 0.379. The fraction of sp³-hybridized carbons (Fsp3) is 0.308. The summed E-state index contributed by atoms with van der Waals surface area (Å²) < 4.78 is 73.6. The minimum atomic E-state index is -4.34. The maximum absolute atomic E-state index is 14.3. The van der Waals surface area contributed by atoms with Crippen LogP contribution >= 0.6 is 0 Å². The van der Waals surface area contributed by atoms with Crippen molar-refractivity contribution in [1.82, 2.24) is 20.2 Å². The van der Waals surface area contributed by atoms with Crippen LogP contribution in [0.1, 0.15) is 53.1 Å². The zero-order valence-electron chi connectivity index (χ0n) is 20.1. The number of benzene rings is 2. The predicted molar refractivity (Wildman–Crippen MR) is 127 cm³/mol. The zero-order valence-corrected chi connectivity index (χ0v) is 20.1. The summed E-state index contributed by atoms with van der Waals surface area (Å²) in [5.41, 5.74) is 2.87. The molecule has 4 rings (SSSR count). The summed E-state index contributed by atoms with van der Waals surface area (Å²) in [6.45, 7) is 3.73. The van der Waals surface area contributed by atoms with Crippen molar-refractivity contribution in [2.75, 3.05) is 13.1 Å². The van der Waals surface area contributed by atoms with Gasteiger partial charge in [0.15, 0.2) is 11.6 Å². The minimum absolute atomic E-state index is 0.0764. The molecule has 1 aliphatic rings. The van der Waals surface area contributed by atoms with E-state index in [1.807, 2.05) is 6.92 Å². The van der Waals surface area contributed by atoms with Gasteiger partial charge in [0.25, 0.3) is 5.91 Å². The van der Waals surface area contributed by atoms with Gasteiger partial charge in [-0.25, -0.2) is 9.37 Å². The Labute approximate surface area is 210 Å². The summed E-state index contributed by atoms with van der Waals surface area (Å²) in [4.78, 5) is 16.7. The molecule has 6 nitrogen and oxygen atoms in total. The van der Waals surface area contributed by atoms with Crippen LogP contribution in [-0.2, 0) is 0 Å². The lowest BCUT2D eigenvalue weighted by Gasteiger charge is -2.25. The van der Waals surface area contributed by atoms with Crippen LogP contribution in [0.2, 0.25) is 0 Å². The Bertz CT molecular complexity index is 1330. The van der Waals surface area contributed by atoms with Crippen LogP contribution in [0.15, 0.2) is 48.5 Å². The molecule has 37 heavy (non-hydrogen) atoms. The number of nitrogens with one attached hydrogen (secondary N) is 2. The van der Waals surface area contributed by atoms with Crippen LogP contribution in [0.25, 0.3) is 11.8 Å². The van der Waals surface area contributed by atoms with Crippen molar-refractivity contribution in [3.8, 4) is 11.4 Å². The normalized spacial score (nSPS) is 15.2. The van der Waals surface area contributed by atoms with E-state index >= 15 is 0 Å². The zero-order chi connectivity index (χ0) is 26.7. The molecule has 2 aromatic carbocycles. The van der Waals surface area contributed by atoms with E-state index in [1.165, 1.54) is 18.5 Å². The van der Waals surface area contributed by atoms with Gasteiger partial charge in [-0.3, -0.25) is 9.36 Å². The molecule has 3 aromatic rings. The monoisotopic (exact) mass is 520 g/mol. The van der Waals surface area contributed by atoms with Gasteiger partial charge < -0.3 is 15.4 Å². The van der Waals surface area contributed by atoms with E-state index in [4.69, 9.17) is 4.74 Å². The molecule has 0 radical (unpaired) electrons. The van der Waals surface area contributed by atoms with Gasteiger partial charge in [0.05, 0.1) is 23.9 Å². The van der Waals surface area contributed by atoms with Crippen LogP contribution < -0.4 is 15.4 Å². The Hall–Kier alpha value is -3.73. The van der Waals surface area contributed by atoms with Gasteiger partial charge in [0.1, 0.15) is 12.1 Å². The van der Waals surface area contributed by atoms with E-state index in [-0.39, 0.29) is 30.4 Å². The molecule has 0 spiro atoms. The van der Waals surface area contributed by atoms with Crippen LogP contribution in [0.5, 0.6) is 5.75 Å². The average molecular weight is 521 g/mol. The van der Waals surface area contributed by atoms with Gasteiger partial charge in [0, 0.05) is 36.8 Å². The van der Waals surface area contributed by atoms with Gasteiger partial charge in [0.2, 0.25) is 5.82 Å². The summed E-state index contributed by atoms with van der Waals surface area (Å²) in [6.07, 6.45) is -2.19. The number of aromatic nitrogens is 2. The molecule has 1 amide bonds. The molecule has 0 bridgehead atoms. The maximum Gasteiger partial charge on any atom is 0.390 e. The van der Waals surface area contributed by atoms with E-state index in [9.17, 15) is 26.7 Å². The standard InChI is InChI=1S/C26H25F5N4O2/c1-3-32-25(36)18-8-7-16(11-15(18)2)35-14-34-24-20(33-10-9-26(29,30)31)12-17(13-21(24)35)37-22-6-4-5-19(27)23(22)28/h4-8,11,13-14,20,33H,3,9-10,12H2,1-2H3,(H,32,36). The van der Waals surface area contributed by atoms with Crippen LogP contribution in [-0.4, -0.2) is 34.7 Å². The molecule has 11 heteroatoms. The number of rotatable bonds is 8. The van der Waals surface area contributed by atoms with Crippen molar-refractivity contribution in [1.29, 1.82) is 0 Å². The fourth-order valence-corrected chi connectivity index (χ4v) is 4.14. The number of carbonyl (C=O) groups is 1. The second-order valence-corrected chi connectivity index (χ2v) is 8.58. The molecule has 0 saturated heterocycles. The van der Waals surface area contributed by atoms with Crippen molar-refractivity contribution in [3.05, 3.63) is 82.6 Å². The Balaban J connectivity index is 1.70. The van der Waals surface area contributed by atoms with Gasteiger partial charge in [-0.05, 0) is 49.7 Å². The number of imidazole rings is 1. The van der Waals surface area contributed by atoms with Crippen molar-refractivity contribution in [2.24, 2.45) is 0 Å². The maximum atomic E-state index is 14.3. The summed E-state index contributed by atoms with van der Waals surface area (Å²) in [5, 5.41) is 5.60. The summed E-state index contributed by atoms with van der Waals surface area (Å²) in [6, 6.07) is 8.04. The lowest BCUT2D eigenvalue weighted by Crippen LogP contribution is -2.29. The number of hydrogen-bond acceptors (Lipinski definition) is 4. The first-order chi connectivity index (χ1) is 17.6. The number of nitrogens with zero attached hydrogens (tertiary/aromatic N) is 2. The van der Waals surface area contributed by atoms with E-state index in [0.717, 1.165) is 6.07 Å². The second-order valence-electron chi connectivity index (χ2n) is 8.58. The Morgan fingerprint density at radius 3 is 2.70 bits per heavy atom. The number of halogens is 5. The molecule has 0 saturated carbocycles. The third-order valence-electron chi connectivity index (χ3n) is 5.89. The Morgan fingerprint density at radius 1 is 1.22 bits per heavy atom. The topological polar surface area (TPSA) is 68.2 Å². The fourth-order valence-electron chi connectivity index (χ4n) is 4.14. The van der Waals surface area contributed by atoms with Gasteiger partial charge >= 0.3 is 6.18 Å². The Kier molecular flexibility index (Phi) is 7.63. The van der Waals surface area contributed by atoms with E-state index in [2.05, 4.69) is 15.6 Å². The lowest BCUT2D eigenvalue weighted by molar-refractivity contribution is -0.133. The van der Waals surface area contributed by atoms with Crippen LogP contribution in [0, 0.1) is 18.6 Å². The molecule has 1 aromatic heterocycles. The molecule has 196 valence electrons. The summed E-state index contributed by atoms with van der Waals surface area (Å²) in [5.74, 6) is -2.57. The number of alkyl halides is 3. The van der Waals surface area contributed by atoms with Crippen molar-refractivity contribution >= 4 is 12.0 Å². The number of hydrogen-bond donors (Lipinski definition) is 2. The average Bonchev–Trinajstić information content (AvgIpc) is 3.25. The summed E-state index contributed by atoms with van der Waals surface area (Å²) in [7, 11) is 0. The highest BCUT2D eigenvalue weighted by Crippen LogP contribution is 2.35. The van der Waals surface area contributed by atoms with E-state index in [0.29, 0.717) is 34.7 Å². The third-order valence-corrected chi connectivity index (χ3v) is 5.89. The highest BCUT2D eigenvalue weighted by molar-refractivity contribution is 5.95. The van der Waals surface area contributed by atoms with Crippen LogP contribution in [0.4, 0.5) is 22.0 Å². The molecule has 2 N–H and O–H groups in total. The van der Waals surface area contributed by atoms with Gasteiger partial charge in [-0.2, -0.15) is 17.6 Å². The molecule has 1 atom stereocenters. The minimum Gasteiger partial charge on any atom is -0.458 e. The smallest absolute Gasteiger partial charge is 0.390 e. The Morgan fingerprint density at radius 2 is 2.00 bits per heavy atom. The lowest BCUT2D eigenvalue weighted by atomic mass is 9.99. The van der Waals surface area contributed by atoms with Crippen molar-refractivity contribution in [3.63, 3.8) is 0 Å². The first kappa shape index (κ1) is 26.3. The molecule has 0 fully saturated rings. The summed E-state index contributed by atoms with van der Waals surface area (Å²) >= 11 is 0. The first-order valence-corrected chi connectivity index (χ1v) is 11.7. The molecule has 1 unspecified atom stereocenters. The number of fused-ring (bicyclic) bond motifs is 1. The number of carbonyl (C=O) groups excluding carboxylic acids is 1. The van der Waals surface area contributed by atoms with E-state index < -0.39 is 30.3 Å². The van der Waals surface area contributed by atoms with Crippen molar-refractivity contribution < 1.29 is 31.5 Å². The van der Waals surface area contributed by atoms with Gasteiger partial charge in [-0.1, -0.05) is 6.07 Å². The van der Waals surface area contributed by atoms with Gasteiger partial charge in [-0.15, -0.1) is 0 Å². The number of amides is 1. The first-order valence-electron chi connectivity index (χ1n) is 11.7. The van der Waals surface area contributed by atoms with Crippen LogP contribution in [0.3, 0.4) is 0 Å². The van der Waals surface area contributed by atoms with E-state index in [1.54, 1.807) is 35.8 Å². The number of ether oxygens (including phenoxy) is 1.